The molecule has 276 valence electrons. The highest BCUT2D eigenvalue weighted by atomic mass is 35.5. The van der Waals surface area contributed by atoms with Gasteiger partial charge in [-0.1, -0.05) is 41.9 Å². The molecule has 52 heavy (non-hydrogen) atoms. The minimum absolute atomic E-state index is 0. The molecule has 1 aromatic heterocycles. The summed E-state index contributed by atoms with van der Waals surface area (Å²) in [6, 6.07) is 18.0. The zero-order chi connectivity index (χ0) is 35.9. The first-order valence-corrected chi connectivity index (χ1v) is 18.1. The summed E-state index contributed by atoms with van der Waals surface area (Å²) in [5.74, 6) is 0.204. The van der Waals surface area contributed by atoms with Gasteiger partial charge in [-0.05, 0) is 130 Å². The normalized spacial score (nSPS) is 18.5. The molecule has 2 aliphatic rings. The average Bonchev–Trinajstić information content (AvgIpc) is 3.69. The van der Waals surface area contributed by atoms with E-state index in [2.05, 4.69) is 48.5 Å². The number of nitrogens with two attached hydrogens (primary N) is 1. The number of nitrogens with one attached hydrogen (secondary N) is 4. The van der Waals surface area contributed by atoms with Crippen LogP contribution in [0.25, 0.3) is 22.5 Å². The molecule has 1 atom stereocenters. The summed E-state index contributed by atoms with van der Waals surface area (Å²) in [6.45, 7) is 4.43. The Morgan fingerprint density at radius 1 is 0.942 bits per heavy atom. The van der Waals surface area contributed by atoms with E-state index in [4.69, 9.17) is 17.3 Å². The Morgan fingerprint density at radius 2 is 1.62 bits per heavy atom. The maximum absolute atomic E-state index is 13.7. The van der Waals surface area contributed by atoms with Crippen LogP contribution in [0.5, 0.6) is 0 Å². The Labute approximate surface area is 315 Å². The number of aromatic nitrogens is 4. The van der Waals surface area contributed by atoms with Crippen molar-refractivity contribution in [1.29, 1.82) is 0 Å². The Morgan fingerprint density at radius 3 is 2.25 bits per heavy atom. The average molecular weight is 749 g/mol. The predicted molar refractivity (Wildman–Crippen MR) is 205 cm³/mol. The van der Waals surface area contributed by atoms with Gasteiger partial charge in [-0.2, -0.15) is 5.21 Å². The minimum atomic E-state index is -0.805. The van der Waals surface area contributed by atoms with E-state index in [1.54, 1.807) is 24.3 Å². The number of anilines is 1. The van der Waals surface area contributed by atoms with E-state index in [-0.39, 0.29) is 42.1 Å². The second-order valence-corrected chi connectivity index (χ2v) is 14.2. The molecule has 6 N–H and O–H groups in total. The van der Waals surface area contributed by atoms with Crippen LogP contribution in [0.2, 0.25) is 5.02 Å². The maximum atomic E-state index is 13.7. The largest absolute Gasteiger partial charge is 0.349 e. The van der Waals surface area contributed by atoms with Crippen LogP contribution >= 0.6 is 24.0 Å². The van der Waals surface area contributed by atoms with Crippen LogP contribution in [-0.2, 0) is 16.0 Å². The summed E-state index contributed by atoms with van der Waals surface area (Å²) in [4.78, 5) is 42.6. The molecule has 4 aromatic rings. The fraction of sp³-hybridized carbons (Fsp3) is 0.421. The number of hydrogen-bond donors (Lipinski definition) is 5. The van der Waals surface area contributed by atoms with Crippen molar-refractivity contribution in [2.45, 2.75) is 64.0 Å². The standard InChI is InChI=1S/C38H46ClN9O3.ClH/c1-23-31(37(50)41-30-17-19-48(2)20-18-30)15-16-32(34(23)39)26-7-3-24(4-8-26)21-33(43-36(49)28-9-5-25(22-40)6-10-28)38(51)42-29-13-11-27(12-14-29)35-44-46-47-45-35;/h3-4,7-8,11-16,25,28,30,33H,5-6,9-10,17-22,40H2,1-2H3,(H,41,50)(H,42,51)(H,43,49)(H,44,45,46,47);1H/t25-,28-,33-;/m0./s1. The van der Waals surface area contributed by atoms with Crippen molar-refractivity contribution in [2.24, 2.45) is 17.6 Å². The Kier molecular flexibility index (Phi) is 13.4. The molecule has 2 fully saturated rings. The summed E-state index contributed by atoms with van der Waals surface area (Å²) in [6.07, 6.45) is 5.48. The second-order valence-electron chi connectivity index (χ2n) is 13.9. The molecule has 2 heterocycles. The smallest absolute Gasteiger partial charge is 0.251 e. The molecule has 1 aliphatic carbocycles. The number of amides is 3. The molecule has 0 spiro atoms. The predicted octanol–water partition coefficient (Wildman–Crippen LogP) is 5.17. The third kappa shape index (κ3) is 9.54. The lowest BCUT2D eigenvalue weighted by Crippen LogP contribution is -2.48. The highest BCUT2D eigenvalue weighted by Crippen LogP contribution is 2.33. The van der Waals surface area contributed by atoms with E-state index < -0.39 is 6.04 Å². The molecule has 0 bridgehead atoms. The molecular formula is C38H47Cl2N9O3. The van der Waals surface area contributed by atoms with Gasteiger partial charge in [0, 0.05) is 40.8 Å². The molecule has 1 saturated heterocycles. The van der Waals surface area contributed by atoms with E-state index in [0.29, 0.717) is 41.0 Å². The highest BCUT2D eigenvalue weighted by molar-refractivity contribution is 6.34. The molecule has 3 amide bonds. The maximum Gasteiger partial charge on any atom is 0.251 e. The first kappa shape index (κ1) is 38.9. The number of benzene rings is 3. The van der Waals surface area contributed by atoms with Gasteiger partial charge in [-0.25, -0.2) is 0 Å². The topological polar surface area (TPSA) is 171 Å². The van der Waals surface area contributed by atoms with Gasteiger partial charge in [0.25, 0.3) is 5.91 Å². The number of aromatic amines is 1. The fourth-order valence-corrected chi connectivity index (χ4v) is 7.28. The van der Waals surface area contributed by atoms with Crippen molar-refractivity contribution in [3.05, 3.63) is 82.4 Å². The summed E-state index contributed by atoms with van der Waals surface area (Å²) in [5.41, 5.74) is 11.1. The van der Waals surface area contributed by atoms with Gasteiger partial charge in [-0.15, -0.1) is 22.6 Å². The zero-order valence-electron chi connectivity index (χ0n) is 29.5. The molecule has 3 aromatic carbocycles. The van der Waals surface area contributed by atoms with Gasteiger partial charge in [0.15, 0.2) is 0 Å². The highest BCUT2D eigenvalue weighted by Gasteiger charge is 2.30. The number of H-pyrrole nitrogens is 1. The minimum Gasteiger partial charge on any atom is -0.349 e. The van der Waals surface area contributed by atoms with E-state index in [1.165, 1.54) is 0 Å². The van der Waals surface area contributed by atoms with E-state index in [0.717, 1.165) is 79.4 Å². The monoisotopic (exact) mass is 747 g/mol. The lowest BCUT2D eigenvalue weighted by molar-refractivity contribution is -0.130. The first-order chi connectivity index (χ1) is 24.7. The van der Waals surface area contributed by atoms with Crippen molar-refractivity contribution in [2.75, 3.05) is 32.0 Å². The van der Waals surface area contributed by atoms with Crippen LogP contribution in [0.15, 0.2) is 60.7 Å². The van der Waals surface area contributed by atoms with Gasteiger partial charge in [0.05, 0.1) is 5.02 Å². The molecule has 0 radical (unpaired) electrons. The molecule has 0 unspecified atom stereocenters. The Bertz CT molecular complexity index is 1800. The number of nitrogens with zero attached hydrogens (tertiary/aromatic N) is 4. The van der Waals surface area contributed by atoms with Crippen molar-refractivity contribution in [3.8, 4) is 22.5 Å². The van der Waals surface area contributed by atoms with Gasteiger partial charge < -0.3 is 26.6 Å². The first-order valence-electron chi connectivity index (χ1n) is 17.7. The SMILES string of the molecule is Cc1c(C(=O)NC2CCN(C)CC2)ccc(-c2ccc(C[C@H](NC(=O)[C@H]3CC[C@H](CN)CC3)C(=O)Nc3ccc(-c4nn[nH]n4)cc3)cc2)c1Cl.Cl. The Balaban J connectivity index is 0.00000523. The number of likely N-dealkylation sites (tertiary alicyclic amines) is 1. The summed E-state index contributed by atoms with van der Waals surface area (Å²) in [5, 5.41) is 23.7. The second kappa shape index (κ2) is 17.9. The molecule has 1 saturated carbocycles. The van der Waals surface area contributed by atoms with Gasteiger partial charge in [-0.3, -0.25) is 14.4 Å². The van der Waals surface area contributed by atoms with Crippen LogP contribution in [-0.4, -0.2) is 82.0 Å². The van der Waals surface area contributed by atoms with Crippen LogP contribution in [0.1, 0.15) is 60.0 Å². The number of carbonyl (C=O) groups excluding carboxylic acids is 3. The van der Waals surface area contributed by atoms with Crippen molar-refractivity contribution >= 4 is 47.4 Å². The third-order valence-corrected chi connectivity index (χ3v) is 10.8. The Hall–Kier alpha value is -4.36. The van der Waals surface area contributed by atoms with E-state index >= 15 is 0 Å². The number of hydrogen-bond acceptors (Lipinski definition) is 8. The number of rotatable bonds is 11. The van der Waals surface area contributed by atoms with Crippen LogP contribution in [0.4, 0.5) is 5.69 Å². The fourth-order valence-electron chi connectivity index (χ4n) is 7.00. The van der Waals surface area contributed by atoms with Crippen LogP contribution in [0, 0.1) is 18.8 Å². The molecular weight excluding hydrogens is 701 g/mol. The summed E-state index contributed by atoms with van der Waals surface area (Å²) < 4.78 is 0. The number of halogens is 2. The molecule has 6 rings (SSSR count). The molecule has 14 heteroatoms. The summed E-state index contributed by atoms with van der Waals surface area (Å²) >= 11 is 6.86. The van der Waals surface area contributed by atoms with E-state index in [1.807, 2.05) is 43.3 Å². The number of tetrazole rings is 1. The van der Waals surface area contributed by atoms with Crippen LogP contribution < -0.4 is 21.7 Å². The third-order valence-electron chi connectivity index (χ3n) is 10.3. The van der Waals surface area contributed by atoms with Crippen LogP contribution in [0.3, 0.4) is 0 Å². The van der Waals surface area contributed by atoms with Crippen molar-refractivity contribution in [3.63, 3.8) is 0 Å². The zero-order valence-corrected chi connectivity index (χ0v) is 31.1. The van der Waals surface area contributed by atoms with Crippen molar-refractivity contribution in [1.82, 2.24) is 36.2 Å². The van der Waals surface area contributed by atoms with Gasteiger partial charge >= 0.3 is 0 Å². The van der Waals surface area contributed by atoms with Crippen molar-refractivity contribution < 1.29 is 14.4 Å². The lowest BCUT2D eigenvalue weighted by atomic mass is 9.81. The molecule has 1 aliphatic heterocycles. The van der Waals surface area contributed by atoms with Gasteiger partial charge in [0.1, 0.15) is 6.04 Å². The van der Waals surface area contributed by atoms with E-state index in [9.17, 15) is 14.4 Å². The summed E-state index contributed by atoms with van der Waals surface area (Å²) in [7, 11) is 2.10. The quantitative estimate of drug-likeness (QED) is 0.140. The van der Waals surface area contributed by atoms with Gasteiger partial charge in [0.2, 0.25) is 17.6 Å². The number of piperidine rings is 1. The molecule has 12 nitrogen and oxygen atoms in total. The number of carbonyl (C=O) groups is 3. The lowest BCUT2D eigenvalue weighted by Gasteiger charge is -2.29.